The first-order valence-corrected chi connectivity index (χ1v) is 9.31. The highest BCUT2D eigenvalue weighted by atomic mass is 32.2. The second-order valence-corrected chi connectivity index (χ2v) is 7.21. The Bertz CT molecular complexity index is 888. The van der Waals surface area contributed by atoms with Gasteiger partial charge in [-0.1, -0.05) is 0 Å². The SMILES string of the molecule is COc1ccc(-c2nc3n(c2-c2ccc(OC)cc2)CC[S+]3[O-])cc1. The lowest BCUT2D eigenvalue weighted by Crippen LogP contribution is -2.00. The minimum Gasteiger partial charge on any atom is -0.609 e. The van der Waals surface area contributed by atoms with Crippen LogP contribution in [0, 0.1) is 0 Å². The number of hydrogen-bond acceptors (Lipinski definition) is 4. The Labute approximate surface area is 149 Å². The molecule has 5 nitrogen and oxygen atoms in total. The van der Waals surface area contributed by atoms with Crippen LogP contribution in [-0.2, 0) is 17.7 Å². The Morgan fingerprint density at radius 1 is 0.920 bits per heavy atom. The van der Waals surface area contributed by atoms with Gasteiger partial charge in [0.25, 0.3) is 0 Å². The summed E-state index contributed by atoms with van der Waals surface area (Å²) in [6.45, 7) is 0.715. The van der Waals surface area contributed by atoms with Crippen molar-refractivity contribution in [2.24, 2.45) is 0 Å². The summed E-state index contributed by atoms with van der Waals surface area (Å²) < 4.78 is 24.8. The van der Waals surface area contributed by atoms with Gasteiger partial charge in [-0.25, -0.2) is 0 Å². The fourth-order valence-corrected chi connectivity index (χ4v) is 4.22. The van der Waals surface area contributed by atoms with Crippen molar-refractivity contribution in [3.8, 4) is 34.0 Å². The first-order chi connectivity index (χ1) is 12.2. The smallest absolute Gasteiger partial charge is 0.324 e. The van der Waals surface area contributed by atoms with Gasteiger partial charge < -0.3 is 14.0 Å². The summed E-state index contributed by atoms with van der Waals surface area (Å²) in [7, 11) is 3.30. The van der Waals surface area contributed by atoms with E-state index in [0.29, 0.717) is 17.5 Å². The van der Waals surface area contributed by atoms with Crippen molar-refractivity contribution >= 4 is 11.2 Å². The average Bonchev–Trinajstić information content (AvgIpc) is 3.22. The molecule has 2 aromatic carbocycles. The van der Waals surface area contributed by atoms with Gasteiger partial charge in [0.2, 0.25) is 0 Å². The number of hydrogen-bond donors (Lipinski definition) is 0. The van der Waals surface area contributed by atoms with Gasteiger partial charge in [-0.2, -0.15) is 4.98 Å². The van der Waals surface area contributed by atoms with E-state index in [1.165, 1.54) is 0 Å². The first kappa shape index (κ1) is 16.1. The molecule has 0 saturated carbocycles. The van der Waals surface area contributed by atoms with Crippen LogP contribution in [0.1, 0.15) is 0 Å². The number of imidazole rings is 1. The molecule has 1 aliphatic rings. The Morgan fingerprint density at radius 3 is 2.04 bits per heavy atom. The molecule has 0 amide bonds. The van der Waals surface area contributed by atoms with Crippen molar-refractivity contribution in [2.45, 2.75) is 11.7 Å². The zero-order valence-electron chi connectivity index (χ0n) is 14.1. The highest BCUT2D eigenvalue weighted by Gasteiger charge is 2.32. The number of rotatable bonds is 4. The monoisotopic (exact) mass is 354 g/mol. The molecule has 6 heteroatoms. The van der Waals surface area contributed by atoms with Gasteiger partial charge in [-0.3, -0.25) is 4.57 Å². The van der Waals surface area contributed by atoms with Crippen LogP contribution in [0.15, 0.2) is 53.7 Å². The number of methoxy groups -OCH3 is 2. The summed E-state index contributed by atoms with van der Waals surface area (Å²) in [4.78, 5) is 4.71. The van der Waals surface area contributed by atoms with E-state index in [9.17, 15) is 4.55 Å². The van der Waals surface area contributed by atoms with E-state index in [1.54, 1.807) is 14.2 Å². The second-order valence-electron chi connectivity index (χ2n) is 5.75. The average molecular weight is 354 g/mol. The summed E-state index contributed by atoms with van der Waals surface area (Å²) in [5.41, 5.74) is 3.85. The molecule has 128 valence electrons. The first-order valence-electron chi connectivity index (χ1n) is 7.99. The lowest BCUT2D eigenvalue weighted by Gasteiger charge is -2.08. The fraction of sp³-hybridized carbons (Fsp3) is 0.211. The van der Waals surface area contributed by atoms with Gasteiger partial charge in [0, 0.05) is 22.3 Å². The van der Waals surface area contributed by atoms with Crippen molar-refractivity contribution in [3.05, 3.63) is 48.5 Å². The standard InChI is InChI=1S/C19H18N2O3S/c1-23-15-7-3-13(4-8-15)17-18(14-5-9-16(24-2)10-6-14)21-11-12-25(22)19(21)20-17/h3-10H,11-12H2,1-2H3. The maximum absolute atomic E-state index is 12.3. The summed E-state index contributed by atoms with van der Waals surface area (Å²) in [5, 5.41) is 0.650. The molecule has 0 bridgehead atoms. The third-order valence-electron chi connectivity index (χ3n) is 4.36. The highest BCUT2D eigenvalue weighted by molar-refractivity contribution is 7.91. The summed E-state index contributed by atoms with van der Waals surface area (Å²) in [5.74, 6) is 2.22. The largest absolute Gasteiger partial charge is 0.609 e. The molecule has 2 heterocycles. The fourth-order valence-electron chi connectivity index (χ4n) is 3.07. The molecular weight excluding hydrogens is 336 g/mol. The molecule has 0 fully saturated rings. The van der Waals surface area contributed by atoms with Crippen LogP contribution in [0.3, 0.4) is 0 Å². The molecule has 1 aliphatic heterocycles. The van der Waals surface area contributed by atoms with Gasteiger partial charge in [0.15, 0.2) is 0 Å². The molecule has 0 saturated heterocycles. The molecule has 0 N–H and O–H groups in total. The number of fused-ring (bicyclic) bond motifs is 1. The van der Waals surface area contributed by atoms with Crippen molar-refractivity contribution < 1.29 is 14.0 Å². The quantitative estimate of drug-likeness (QED) is 0.674. The Balaban J connectivity index is 1.87. The summed E-state index contributed by atoms with van der Waals surface area (Å²) in [6.07, 6.45) is 0. The second kappa shape index (κ2) is 6.46. The van der Waals surface area contributed by atoms with E-state index >= 15 is 0 Å². The van der Waals surface area contributed by atoms with E-state index in [0.717, 1.165) is 34.0 Å². The van der Waals surface area contributed by atoms with Crippen molar-refractivity contribution in [2.75, 3.05) is 20.0 Å². The minimum atomic E-state index is -1.04. The third kappa shape index (κ3) is 2.77. The highest BCUT2D eigenvalue weighted by Crippen LogP contribution is 2.37. The molecule has 0 aliphatic carbocycles. The van der Waals surface area contributed by atoms with Crippen LogP contribution in [-0.4, -0.2) is 34.1 Å². The normalized spacial score (nSPS) is 15.9. The third-order valence-corrected chi connectivity index (χ3v) is 5.64. The van der Waals surface area contributed by atoms with Crippen molar-refractivity contribution in [1.29, 1.82) is 0 Å². The number of benzene rings is 2. The molecule has 4 rings (SSSR count). The Morgan fingerprint density at radius 2 is 1.48 bits per heavy atom. The van der Waals surface area contributed by atoms with Crippen LogP contribution in [0.25, 0.3) is 22.5 Å². The van der Waals surface area contributed by atoms with Gasteiger partial charge in [-0.15, -0.1) is 0 Å². The van der Waals surface area contributed by atoms with Crippen LogP contribution >= 0.6 is 0 Å². The zero-order chi connectivity index (χ0) is 17.4. The van der Waals surface area contributed by atoms with Gasteiger partial charge in [-0.05, 0) is 48.5 Å². The topological polar surface area (TPSA) is 59.3 Å². The lowest BCUT2D eigenvalue weighted by atomic mass is 10.0. The van der Waals surface area contributed by atoms with Crippen LogP contribution in [0.4, 0.5) is 0 Å². The van der Waals surface area contributed by atoms with Crippen molar-refractivity contribution in [3.63, 3.8) is 0 Å². The molecule has 0 spiro atoms. The number of ether oxygens (including phenoxy) is 2. The van der Waals surface area contributed by atoms with Crippen LogP contribution < -0.4 is 9.47 Å². The van der Waals surface area contributed by atoms with Gasteiger partial charge >= 0.3 is 5.16 Å². The van der Waals surface area contributed by atoms with E-state index in [4.69, 9.17) is 14.5 Å². The molecule has 1 unspecified atom stereocenters. The van der Waals surface area contributed by atoms with Gasteiger partial charge in [0.05, 0.1) is 26.5 Å². The van der Waals surface area contributed by atoms with Crippen LogP contribution in [0.5, 0.6) is 11.5 Å². The molecule has 25 heavy (non-hydrogen) atoms. The van der Waals surface area contributed by atoms with E-state index in [2.05, 4.69) is 4.57 Å². The summed E-state index contributed by atoms with van der Waals surface area (Å²) >= 11 is -1.04. The maximum Gasteiger partial charge on any atom is 0.324 e. The van der Waals surface area contributed by atoms with Crippen LogP contribution in [0.2, 0.25) is 0 Å². The van der Waals surface area contributed by atoms with E-state index in [-0.39, 0.29) is 0 Å². The molecule has 1 aromatic heterocycles. The van der Waals surface area contributed by atoms with E-state index < -0.39 is 11.2 Å². The zero-order valence-corrected chi connectivity index (χ0v) is 14.9. The number of aromatic nitrogens is 2. The lowest BCUT2D eigenvalue weighted by molar-refractivity contribution is 0.414. The molecule has 0 radical (unpaired) electrons. The Kier molecular flexibility index (Phi) is 4.15. The van der Waals surface area contributed by atoms with E-state index in [1.807, 2.05) is 48.5 Å². The molecular formula is C19H18N2O3S. The predicted molar refractivity (Wildman–Crippen MR) is 97.5 cm³/mol. The minimum absolute atomic E-state index is 0.619. The predicted octanol–water partition coefficient (Wildman–Crippen LogP) is 3.36. The van der Waals surface area contributed by atoms with Gasteiger partial charge in [0.1, 0.15) is 22.9 Å². The molecule has 1 atom stereocenters. The van der Waals surface area contributed by atoms with Crippen molar-refractivity contribution in [1.82, 2.24) is 9.55 Å². The molecule has 3 aromatic rings. The maximum atomic E-state index is 12.3. The number of nitrogens with zero attached hydrogens (tertiary/aromatic N) is 2. The Hall–Kier alpha value is -2.44. The summed E-state index contributed by atoms with van der Waals surface area (Å²) in [6, 6.07) is 15.7.